The van der Waals surface area contributed by atoms with E-state index in [4.69, 9.17) is 0 Å². The standard InChI is InChI=1S/C11H24N2O/c1-3-13(4-2)10-11(14)6-5-8-12-9-7-11/h12,14H,3-10H2,1-2H3/t11-/m0/s1. The van der Waals surface area contributed by atoms with Crippen molar-refractivity contribution < 1.29 is 5.11 Å². The van der Waals surface area contributed by atoms with E-state index >= 15 is 0 Å². The maximum absolute atomic E-state index is 10.4. The Labute approximate surface area is 87.5 Å². The normalized spacial score (nSPS) is 29.1. The number of likely N-dealkylation sites (N-methyl/N-ethyl adjacent to an activating group) is 1. The summed E-state index contributed by atoms with van der Waals surface area (Å²) in [7, 11) is 0. The summed E-state index contributed by atoms with van der Waals surface area (Å²) in [5, 5.41) is 13.7. The molecular formula is C11H24N2O. The minimum atomic E-state index is -0.449. The van der Waals surface area contributed by atoms with Gasteiger partial charge in [-0.15, -0.1) is 0 Å². The Morgan fingerprint density at radius 3 is 2.57 bits per heavy atom. The van der Waals surface area contributed by atoms with Gasteiger partial charge in [0.1, 0.15) is 0 Å². The molecule has 1 saturated heterocycles. The van der Waals surface area contributed by atoms with E-state index in [1.54, 1.807) is 0 Å². The number of hydrogen-bond acceptors (Lipinski definition) is 3. The Balaban J connectivity index is 2.44. The molecule has 1 rings (SSSR count). The Kier molecular flexibility index (Phi) is 4.85. The molecule has 3 heteroatoms. The smallest absolute Gasteiger partial charge is 0.0786 e. The van der Waals surface area contributed by atoms with E-state index in [0.29, 0.717) is 0 Å². The second-order valence-electron chi connectivity index (χ2n) is 4.29. The highest BCUT2D eigenvalue weighted by molar-refractivity contribution is 4.85. The van der Waals surface area contributed by atoms with Gasteiger partial charge in [0, 0.05) is 6.54 Å². The van der Waals surface area contributed by atoms with Crippen molar-refractivity contribution in [2.75, 3.05) is 32.7 Å². The first-order valence-corrected chi connectivity index (χ1v) is 5.85. The van der Waals surface area contributed by atoms with E-state index in [0.717, 1.165) is 52.0 Å². The Morgan fingerprint density at radius 2 is 1.93 bits per heavy atom. The third-order valence-electron chi connectivity index (χ3n) is 3.18. The minimum absolute atomic E-state index is 0.449. The molecule has 0 spiro atoms. The molecule has 0 aromatic heterocycles. The van der Waals surface area contributed by atoms with Gasteiger partial charge in [-0.05, 0) is 45.4 Å². The Morgan fingerprint density at radius 1 is 1.21 bits per heavy atom. The first-order valence-electron chi connectivity index (χ1n) is 5.85. The van der Waals surface area contributed by atoms with Crippen molar-refractivity contribution in [3.05, 3.63) is 0 Å². The fraction of sp³-hybridized carbons (Fsp3) is 1.00. The molecule has 0 radical (unpaired) electrons. The summed E-state index contributed by atoms with van der Waals surface area (Å²) < 4.78 is 0. The summed E-state index contributed by atoms with van der Waals surface area (Å²) in [5.41, 5.74) is -0.449. The van der Waals surface area contributed by atoms with Crippen LogP contribution in [0.25, 0.3) is 0 Å². The average Bonchev–Trinajstić information content (AvgIpc) is 2.40. The van der Waals surface area contributed by atoms with E-state index < -0.39 is 5.60 Å². The first kappa shape index (κ1) is 12.0. The van der Waals surface area contributed by atoms with Crippen LogP contribution in [0.15, 0.2) is 0 Å². The largest absolute Gasteiger partial charge is 0.389 e. The zero-order valence-corrected chi connectivity index (χ0v) is 9.55. The highest BCUT2D eigenvalue weighted by atomic mass is 16.3. The third kappa shape index (κ3) is 3.56. The lowest BCUT2D eigenvalue weighted by molar-refractivity contribution is -0.00430. The van der Waals surface area contributed by atoms with Gasteiger partial charge in [-0.25, -0.2) is 0 Å². The monoisotopic (exact) mass is 200 g/mol. The van der Waals surface area contributed by atoms with Crippen LogP contribution in [0.3, 0.4) is 0 Å². The molecule has 84 valence electrons. The van der Waals surface area contributed by atoms with Gasteiger partial charge < -0.3 is 15.3 Å². The SMILES string of the molecule is CCN(CC)C[C@]1(O)CCCNCC1. The maximum Gasteiger partial charge on any atom is 0.0786 e. The highest BCUT2D eigenvalue weighted by Gasteiger charge is 2.29. The van der Waals surface area contributed by atoms with Crippen LogP contribution in [0.1, 0.15) is 33.1 Å². The zero-order valence-electron chi connectivity index (χ0n) is 9.55. The summed E-state index contributed by atoms with van der Waals surface area (Å²) >= 11 is 0. The summed E-state index contributed by atoms with van der Waals surface area (Å²) in [6.45, 7) is 9.22. The molecule has 0 aromatic carbocycles. The zero-order chi connectivity index (χ0) is 10.4. The van der Waals surface area contributed by atoms with Crippen molar-refractivity contribution >= 4 is 0 Å². The van der Waals surface area contributed by atoms with Crippen LogP contribution in [0.4, 0.5) is 0 Å². The lowest BCUT2D eigenvalue weighted by Crippen LogP contribution is -2.43. The van der Waals surface area contributed by atoms with Gasteiger partial charge >= 0.3 is 0 Å². The number of nitrogens with zero attached hydrogens (tertiary/aromatic N) is 1. The molecule has 0 bridgehead atoms. The lowest BCUT2D eigenvalue weighted by Gasteiger charge is -2.32. The predicted octanol–water partition coefficient (Wildman–Crippen LogP) is 0.833. The van der Waals surface area contributed by atoms with Crippen molar-refractivity contribution in [1.82, 2.24) is 10.2 Å². The van der Waals surface area contributed by atoms with E-state index in [9.17, 15) is 5.11 Å². The molecule has 14 heavy (non-hydrogen) atoms. The van der Waals surface area contributed by atoms with Crippen LogP contribution in [0, 0.1) is 0 Å². The molecule has 0 aromatic rings. The molecule has 1 fully saturated rings. The number of rotatable bonds is 4. The van der Waals surface area contributed by atoms with Crippen molar-refractivity contribution in [3.63, 3.8) is 0 Å². The number of nitrogens with one attached hydrogen (secondary N) is 1. The van der Waals surface area contributed by atoms with E-state index in [1.807, 2.05) is 0 Å². The number of aliphatic hydroxyl groups is 1. The van der Waals surface area contributed by atoms with Crippen LogP contribution in [-0.2, 0) is 0 Å². The fourth-order valence-corrected chi connectivity index (χ4v) is 2.14. The molecule has 1 atom stereocenters. The van der Waals surface area contributed by atoms with Crippen LogP contribution in [-0.4, -0.2) is 48.3 Å². The molecule has 0 amide bonds. The van der Waals surface area contributed by atoms with Crippen LogP contribution in [0.5, 0.6) is 0 Å². The minimum Gasteiger partial charge on any atom is -0.389 e. The quantitative estimate of drug-likeness (QED) is 0.705. The Hall–Kier alpha value is -0.120. The molecule has 1 aliphatic rings. The van der Waals surface area contributed by atoms with Gasteiger partial charge in [0.25, 0.3) is 0 Å². The van der Waals surface area contributed by atoms with Gasteiger partial charge in [0.2, 0.25) is 0 Å². The fourth-order valence-electron chi connectivity index (χ4n) is 2.14. The van der Waals surface area contributed by atoms with Crippen molar-refractivity contribution in [2.24, 2.45) is 0 Å². The van der Waals surface area contributed by atoms with Crippen molar-refractivity contribution in [3.8, 4) is 0 Å². The average molecular weight is 200 g/mol. The Bertz CT molecular complexity index is 149. The third-order valence-corrected chi connectivity index (χ3v) is 3.18. The van der Waals surface area contributed by atoms with Crippen LogP contribution in [0.2, 0.25) is 0 Å². The number of hydrogen-bond donors (Lipinski definition) is 2. The second kappa shape index (κ2) is 5.69. The van der Waals surface area contributed by atoms with E-state index in [1.165, 1.54) is 0 Å². The summed E-state index contributed by atoms with van der Waals surface area (Å²) in [5.74, 6) is 0. The highest BCUT2D eigenvalue weighted by Crippen LogP contribution is 2.20. The molecule has 2 N–H and O–H groups in total. The lowest BCUT2D eigenvalue weighted by atomic mass is 9.94. The molecule has 1 heterocycles. The summed E-state index contributed by atoms with van der Waals surface area (Å²) in [6, 6.07) is 0. The van der Waals surface area contributed by atoms with Gasteiger partial charge in [-0.1, -0.05) is 13.8 Å². The second-order valence-corrected chi connectivity index (χ2v) is 4.29. The summed E-state index contributed by atoms with van der Waals surface area (Å²) in [4.78, 5) is 2.31. The van der Waals surface area contributed by atoms with Gasteiger partial charge in [-0.3, -0.25) is 0 Å². The van der Waals surface area contributed by atoms with Crippen LogP contribution < -0.4 is 5.32 Å². The van der Waals surface area contributed by atoms with Crippen molar-refractivity contribution in [1.29, 1.82) is 0 Å². The van der Waals surface area contributed by atoms with E-state index in [2.05, 4.69) is 24.1 Å². The molecule has 3 nitrogen and oxygen atoms in total. The maximum atomic E-state index is 10.4. The summed E-state index contributed by atoms with van der Waals surface area (Å²) in [6.07, 6.45) is 2.93. The first-order chi connectivity index (χ1) is 6.70. The molecule has 1 aliphatic heterocycles. The topological polar surface area (TPSA) is 35.5 Å². The molecule has 0 aliphatic carbocycles. The van der Waals surface area contributed by atoms with Gasteiger partial charge in [0.05, 0.1) is 5.60 Å². The van der Waals surface area contributed by atoms with Crippen LogP contribution >= 0.6 is 0 Å². The predicted molar refractivity (Wildman–Crippen MR) is 59.5 cm³/mol. The molecule has 0 saturated carbocycles. The van der Waals surface area contributed by atoms with Crippen molar-refractivity contribution in [2.45, 2.75) is 38.7 Å². The molecule has 0 unspecified atom stereocenters. The molecular weight excluding hydrogens is 176 g/mol. The van der Waals surface area contributed by atoms with Gasteiger partial charge in [0.15, 0.2) is 0 Å². The van der Waals surface area contributed by atoms with E-state index in [-0.39, 0.29) is 0 Å². The van der Waals surface area contributed by atoms with Gasteiger partial charge in [-0.2, -0.15) is 0 Å².